The molecule has 2 aliphatic rings. The number of oxime groups is 1. The minimum absolute atomic E-state index is 0.0517. The molecule has 1 N–H and O–H groups in total. The van der Waals surface area contributed by atoms with Crippen LogP contribution in [0.5, 0.6) is 0 Å². The molecule has 1 aliphatic carbocycles. The van der Waals surface area contributed by atoms with E-state index in [0.717, 1.165) is 31.4 Å². The molecule has 0 spiro atoms. The summed E-state index contributed by atoms with van der Waals surface area (Å²) >= 11 is 0. The molecule has 0 aromatic heterocycles. The van der Waals surface area contributed by atoms with Gasteiger partial charge < -0.3 is 14.7 Å². The highest BCUT2D eigenvalue weighted by Gasteiger charge is 2.32. The van der Waals surface area contributed by atoms with E-state index in [2.05, 4.69) is 32.9 Å². The summed E-state index contributed by atoms with van der Waals surface area (Å²) in [6, 6.07) is 0. The maximum atomic E-state index is 12.2. The topological polar surface area (TPSA) is 68.1 Å². The van der Waals surface area contributed by atoms with Crippen LogP contribution in [-0.2, 0) is 14.4 Å². The SMILES string of the molecule is CC(C)C(OC(=O)CC1CC(C2CCC(O)CC2)=NO1)C(C)C. The van der Waals surface area contributed by atoms with Gasteiger partial charge in [0.05, 0.1) is 18.2 Å². The van der Waals surface area contributed by atoms with Crippen LogP contribution in [0.4, 0.5) is 0 Å². The van der Waals surface area contributed by atoms with Gasteiger partial charge in [-0.1, -0.05) is 32.9 Å². The Kier molecular flexibility index (Phi) is 6.45. The molecule has 0 bridgehead atoms. The molecule has 1 fully saturated rings. The van der Waals surface area contributed by atoms with Gasteiger partial charge in [-0.25, -0.2) is 0 Å². The molecule has 5 heteroatoms. The van der Waals surface area contributed by atoms with Crippen molar-refractivity contribution in [3.8, 4) is 0 Å². The molecular formula is C18H31NO4. The minimum atomic E-state index is -0.196. The van der Waals surface area contributed by atoms with Crippen LogP contribution >= 0.6 is 0 Å². The molecule has 1 heterocycles. The molecule has 132 valence electrons. The zero-order chi connectivity index (χ0) is 17.0. The van der Waals surface area contributed by atoms with E-state index in [1.165, 1.54) is 0 Å². The van der Waals surface area contributed by atoms with Gasteiger partial charge in [-0.3, -0.25) is 4.79 Å². The Morgan fingerprint density at radius 1 is 1.22 bits per heavy atom. The zero-order valence-electron chi connectivity index (χ0n) is 14.8. The third kappa shape index (κ3) is 5.20. The molecule has 1 aliphatic heterocycles. The van der Waals surface area contributed by atoms with Gasteiger partial charge in [-0.05, 0) is 37.5 Å². The van der Waals surface area contributed by atoms with E-state index in [9.17, 15) is 9.90 Å². The Labute approximate surface area is 139 Å². The van der Waals surface area contributed by atoms with Crippen LogP contribution in [0.3, 0.4) is 0 Å². The summed E-state index contributed by atoms with van der Waals surface area (Å²) in [5.41, 5.74) is 1.05. The Bertz CT molecular complexity index is 417. The van der Waals surface area contributed by atoms with Crippen molar-refractivity contribution in [2.24, 2.45) is 22.9 Å². The molecule has 1 unspecified atom stereocenters. The van der Waals surface area contributed by atoms with E-state index in [1.54, 1.807) is 0 Å². The smallest absolute Gasteiger partial charge is 0.309 e. The van der Waals surface area contributed by atoms with Crippen molar-refractivity contribution in [1.29, 1.82) is 0 Å². The third-order valence-corrected chi connectivity index (χ3v) is 4.90. The lowest BCUT2D eigenvalue weighted by Crippen LogP contribution is -2.30. The van der Waals surface area contributed by atoms with Crippen LogP contribution in [0.2, 0.25) is 0 Å². The second-order valence-electron chi connectivity index (χ2n) is 7.67. The van der Waals surface area contributed by atoms with Crippen LogP contribution < -0.4 is 0 Å². The first kappa shape index (κ1) is 18.2. The Hall–Kier alpha value is -1.10. The lowest BCUT2D eigenvalue weighted by atomic mass is 9.83. The van der Waals surface area contributed by atoms with Gasteiger partial charge in [-0.15, -0.1) is 0 Å². The maximum absolute atomic E-state index is 12.2. The van der Waals surface area contributed by atoms with Crippen molar-refractivity contribution < 1.29 is 19.5 Å². The monoisotopic (exact) mass is 325 g/mol. The first-order valence-corrected chi connectivity index (χ1v) is 8.97. The van der Waals surface area contributed by atoms with Gasteiger partial charge in [0, 0.05) is 12.3 Å². The lowest BCUT2D eigenvalue weighted by molar-refractivity contribution is -0.156. The highest BCUT2D eigenvalue weighted by Crippen LogP contribution is 2.30. The number of hydrogen-bond acceptors (Lipinski definition) is 5. The van der Waals surface area contributed by atoms with Gasteiger partial charge in [0.15, 0.2) is 0 Å². The van der Waals surface area contributed by atoms with Gasteiger partial charge in [0.25, 0.3) is 0 Å². The number of esters is 1. The molecule has 0 saturated heterocycles. The van der Waals surface area contributed by atoms with Crippen LogP contribution in [-0.4, -0.2) is 35.1 Å². The Morgan fingerprint density at radius 2 is 1.83 bits per heavy atom. The molecule has 0 radical (unpaired) electrons. The predicted molar refractivity (Wildman–Crippen MR) is 89.1 cm³/mol. The highest BCUT2D eigenvalue weighted by molar-refractivity contribution is 5.88. The summed E-state index contributed by atoms with van der Waals surface area (Å²) in [4.78, 5) is 17.6. The fraction of sp³-hybridized carbons (Fsp3) is 0.889. The van der Waals surface area contributed by atoms with Crippen molar-refractivity contribution in [2.45, 2.75) is 84.5 Å². The fourth-order valence-corrected chi connectivity index (χ4v) is 3.64. The number of rotatable bonds is 6. The van der Waals surface area contributed by atoms with Crippen molar-refractivity contribution in [3.05, 3.63) is 0 Å². The Morgan fingerprint density at radius 3 is 2.39 bits per heavy atom. The average molecular weight is 325 g/mol. The van der Waals surface area contributed by atoms with E-state index in [0.29, 0.717) is 24.2 Å². The first-order chi connectivity index (χ1) is 10.9. The summed E-state index contributed by atoms with van der Waals surface area (Å²) in [5, 5.41) is 13.8. The summed E-state index contributed by atoms with van der Waals surface area (Å²) < 4.78 is 5.63. The van der Waals surface area contributed by atoms with Gasteiger partial charge in [0.2, 0.25) is 0 Å². The third-order valence-electron chi connectivity index (χ3n) is 4.90. The predicted octanol–water partition coefficient (Wildman–Crippen LogP) is 3.30. The standard InChI is InChI=1S/C18H31NO4/c1-11(2)18(12(3)4)22-17(21)10-15-9-16(19-23-15)13-5-7-14(20)8-6-13/h11-15,18,20H,5-10H2,1-4H3. The fourth-order valence-electron chi connectivity index (χ4n) is 3.64. The zero-order valence-corrected chi connectivity index (χ0v) is 14.8. The second kappa shape index (κ2) is 8.13. The molecule has 0 aromatic rings. The number of ether oxygens (including phenoxy) is 1. The first-order valence-electron chi connectivity index (χ1n) is 8.97. The number of carbonyl (C=O) groups excluding carboxylic acids is 1. The highest BCUT2D eigenvalue weighted by atomic mass is 16.6. The van der Waals surface area contributed by atoms with Gasteiger partial charge in [0.1, 0.15) is 12.2 Å². The summed E-state index contributed by atoms with van der Waals surface area (Å²) in [6.45, 7) is 8.29. The molecule has 2 rings (SSSR count). The molecule has 23 heavy (non-hydrogen) atoms. The summed E-state index contributed by atoms with van der Waals surface area (Å²) in [5.74, 6) is 0.823. The maximum Gasteiger partial charge on any atom is 0.309 e. The van der Waals surface area contributed by atoms with Crippen molar-refractivity contribution in [1.82, 2.24) is 0 Å². The van der Waals surface area contributed by atoms with E-state index >= 15 is 0 Å². The number of hydrogen-bond donors (Lipinski definition) is 1. The van der Waals surface area contributed by atoms with Crippen molar-refractivity contribution in [3.63, 3.8) is 0 Å². The van der Waals surface area contributed by atoms with Crippen molar-refractivity contribution >= 4 is 11.7 Å². The number of aliphatic hydroxyl groups excluding tert-OH is 1. The minimum Gasteiger partial charge on any atom is -0.462 e. The lowest BCUT2D eigenvalue weighted by Gasteiger charge is -2.25. The van der Waals surface area contributed by atoms with E-state index in [4.69, 9.17) is 9.57 Å². The van der Waals surface area contributed by atoms with Crippen LogP contribution in [0.25, 0.3) is 0 Å². The molecular weight excluding hydrogens is 294 g/mol. The van der Waals surface area contributed by atoms with E-state index in [-0.39, 0.29) is 30.7 Å². The van der Waals surface area contributed by atoms with Crippen LogP contribution in [0, 0.1) is 17.8 Å². The molecule has 1 saturated carbocycles. The Balaban J connectivity index is 1.76. The molecule has 5 nitrogen and oxygen atoms in total. The van der Waals surface area contributed by atoms with Crippen molar-refractivity contribution in [2.75, 3.05) is 0 Å². The molecule has 0 aromatic carbocycles. The van der Waals surface area contributed by atoms with Crippen LogP contribution in [0.15, 0.2) is 5.16 Å². The average Bonchev–Trinajstić information content (AvgIpc) is 2.93. The largest absolute Gasteiger partial charge is 0.462 e. The molecule has 1 atom stereocenters. The van der Waals surface area contributed by atoms with Gasteiger partial charge >= 0.3 is 5.97 Å². The van der Waals surface area contributed by atoms with E-state index in [1.807, 2.05) is 0 Å². The summed E-state index contributed by atoms with van der Waals surface area (Å²) in [7, 11) is 0. The number of aliphatic hydroxyl groups is 1. The van der Waals surface area contributed by atoms with Gasteiger partial charge in [-0.2, -0.15) is 0 Å². The number of carbonyl (C=O) groups is 1. The quantitative estimate of drug-likeness (QED) is 0.761. The molecule has 0 amide bonds. The van der Waals surface area contributed by atoms with E-state index < -0.39 is 0 Å². The van der Waals surface area contributed by atoms with Crippen LogP contribution in [0.1, 0.15) is 66.2 Å². The summed E-state index contributed by atoms with van der Waals surface area (Å²) in [6.07, 6.45) is 4.16. The normalized spacial score (nSPS) is 28.2. The second-order valence-corrected chi connectivity index (χ2v) is 7.67. The number of nitrogens with zero attached hydrogens (tertiary/aromatic N) is 1.